The number of anilines is 1. The van der Waals surface area contributed by atoms with E-state index in [1.165, 1.54) is 6.42 Å². The summed E-state index contributed by atoms with van der Waals surface area (Å²) in [6, 6.07) is 9.60. The Morgan fingerprint density at radius 1 is 1.35 bits per heavy atom. The lowest BCUT2D eigenvalue weighted by atomic mass is 10.2. The normalized spacial score (nSPS) is 19.9. The predicted octanol–water partition coefficient (Wildman–Crippen LogP) is 3.02. The van der Waals surface area contributed by atoms with Gasteiger partial charge in [-0.1, -0.05) is 13.0 Å². The van der Waals surface area contributed by atoms with Gasteiger partial charge in [-0.25, -0.2) is 0 Å². The molecule has 0 aromatic carbocycles. The minimum absolute atomic E-state index is 0.0964. The van der Waals surface area contributed by atoms with Crippen molar-refractivity contribution in [3.8, 4) is 0 Å². The third-order valence-corrected chi connectivity index (χ3v) is 4.32. The van der Waals surface area contributed by atoms with Crippen molar-refractivity contribution in [3.63, 3.8) is 0 Å². The topological polar surface area (TPSA) is 72.4 Å². The van der Waals surface area contributed by atoms with E-state index in [4.69, 9.17) is 4.42 Å². The van der Waals surface area contributed by atoms with Gasteiger partial charge < -0.3 is 4.42 Å². The Labute approximate surface area is 133 Å². The van der Waals surface area contributed by atoms with E-state index < -0.39 is 0 Å². The zero-order valence-electron chi connectivity index (χ0n) is 12.9. The summed E-state index contributed by atoms with van der Waals surface area (Å²) in [5.41, 5.74) is 0.706. The number of hydrogen-bond acceptors (Lipinski definition) is 4. The number of amides is 1. The molecule has 1 fully saturated rings. The highest BCUT2D eigenvalue weighted by molar-refractivity contribution is 5.89. The number of furan rings is 1. The van der Waals surface area contributed by atoms with Crippen LogP contribution in [0.3, 0.4) is 0 Å². The van der Waals surface area contributed by atoms with Gasteiger partial charge in [0.25, 0.3) is 0 Å². The molecule has 118 valence electrons. The molecule has 1 saturated carbocycles. The summed E-state index contributed by atoms with van der Waals surface area (Å²) in [4.78, 5) is 12.1. The van der Waals surface area contributed by atoms with E-state index in [1.54, 1.807) is 4.40 Å². The third-order valence-electron chi connectivity index (χ3n) is 4.32. The number of rotatable bonds is 5. The van der Waals surface area contributed by atoms with Crippen molar-refractivity contribution in [2.24, 2.45) is 5.92 Å². The highest BCUT2D eigenvalue weighted by atomic mass is 16.3. The molecular formula is C17H18N4O2. The molecule has 0 bridgehead atoms. The van der Waals surface area contributed by atoms with Crippen molar-refractivity contribution >= 4 is 17.5 Å². The van der Waals surface area contributed by atoms with Crippen LogP contribution >= 0.6 is 0 Å². The van der Waals surface area contributed by atoms with E-state index in [0.717, 1.165) is 17.4 Å². The summed E-state index contributed by atoms with van der Waals surface area (Å²) in [5, 5.41) is 10.8. The molecule has 0 spiro atoms. The highest BCUT2D eigenvalue weighted by Gasteiger charge is 2.36. The number of carbonyl (C=O) groups is 1. The van der Waals surface area contributed by atoms with Gasteiger partial charge >= 0.3 is 0 Å². The number of aryl methyl sites for hydroxylation is 1. The molecule has 0 aliphatic heterocycles. The second-order valence-electron chi connectivity index (χ2n) is 6.12. The van der Waals surface area contributed by atoms with Crippen molar-refractivity contribution in [1.29, 1.82) is 0 Å². The van der Waals surface area contributed by atoms with Crippen molar-refractivity contribution in [1.82, 2.24) is 14.6 Å². The van der Waals surface area contributed by atoms with Crippen LogP contribution in [0.25, 0.3) is 5.65 Å². The van der Waals surface area contributed by atoms with Crippen LogP contribution in [0.1, 0.15) is 37.2 Å². The van der Waals surface area contributed by atoms with Crippen molar-refractivity contribution < 1.29 is 9.21 Å². The molecule has 0 saturated heterocycles. The number of carbonyl (C=O) groups excluding carboxylic acids is 1. The molecule has 1 amide bonds. The van der Waals surface area contributed by atoms with Gasteiger partial charge in [0, 0.05) is 25.0 Å². The van der Waals surface area contributed by atoms with E-state index in [0.29, 0.717) is 30.4 Å². The molecule has 1 N–H and O–H groups in total. The molecule has 3 aromatic heterocycles. The summed E-state index contributed by atoms with van der Waals surface area (Å²) >= 11 is 0. The molecule has 1 aliphatic carbocycles. The first-order valence-corrected chi connectivity index (χ1v) is 7.89. The van der Waals surface area contributed by atoms with Crippen molar-refractivity contribution in [2.45, 2.75) is 32.1 Å². The number of nitrogens with zero attached hydrogens (tertiary/aromatic N) is 3. The van der Waals surface area contributed by atoms with Crippen LogP contribution in [-0.2, 0) is 11.2 Å². The first-order chi connectivity index (χ1) is 11.2. The lowest BCUT2D eigenvalue weighted by molar-refractivity contribution is -0.116. The summed E-state index contributed by atoms with van der Waals surface area (Å²) in [6.45, 7) is 2.23. The molecule has 3 aromatic rings. The average Bonchev–Trinajstić information content (AvgIpc) is 2.98. The fourth-order valence-corrected chi connectivity index (χ4v) is 2.80. The number of nitrogens with one attached hydrogen (secondary N) is 1. The maximum Gasteiger partial charge on any atom is 0.235 e. The van der Waals surface area contributed by atoms with Crippen LogP contribution in [0, 0.1) is 5.92 Å². The van der Waals surface area contributed by atoms with Gasteiger partial charge in [-0.15, -0.1) is 10.2 Å². The Bertz CT molecular complexity index is 851. The zero-order chi connectivity index (χ0) is 15.8. The average molecular weight is 310 g/mol. The molecule has 2 atom stereocenters. The van der Waals surface area contributed by atoms with E-state index in [9.17, 15) is 4.79 Å². The predicted molar refractivity (Wildman–Crippen MR) is 85.2 cm³/mol. The van der Waals surface area contributed by atoms with E-state index in [1.807, 2.05) is 36.5 Å². The SMILES string of the molecule is C[C@H]1C[C@H]1c1ccc(CCC(=O)Nc2nnc3ccccn23)o1. The first-order valence-electron chi connectivity index (χ1n) is 7.89. The van der Waals surface area contributed by atoms with E-state index in [-0.39, 0.29) is 5.91 Å². The van der Waals surface area contributed by atoms with Gasteiger partial charge in [0.1, 0.15) is 11.5 Å². The Hall–Kier alpha value is -2.63. The summed E-state index contributed by atoms with van der Waals surface area (Å²) in [7, 11) is 0. The van der Waals surface area contributed by atoms with Gasteiger partial charge in [0.15, 0.2) is 5.65 Å². The summed E-state index contributed by atoms with van der Waals surface area (Å²) in [6.07, 6.45) is 3.96. The van der Waals surface area contributed by atoms with Crippen molar-refractivity contribution in [2.75, 3.05) is 5.32 Å². The fraction of sp³-hybridized carbons (Fsp3) is 0.353. The first kappa shape index (κ1) is 14.0. The Morgan fingerprint density at radius 3 is 3.04 bits per heavy atom. The van der Waals surface area contributed by atoms with Crippen LogP contribution in [0.15, 0.2) is 40.9 Å². The quantitative estimate of drug-likeness (QED) is 0.786. The lowest BCUT2D eigenvalue weighted by Crippen LogP contribution is -2.14. The lowest BCUT2D eigenvalue weighted by Gasteiger charge is -2.02. The standard InChI is InChI=1S/C17H18N4O2/c1-11-10-13(11)14-7-5-12(23-14)6-8-16(22)18-17-20-19-15-4-2-3-9-21(15)17/h2-5,7,9,11,13H,6,8,10H2,1H3,(H,18,20,22)/t11-,13+/m0/s1. The monoisotopic (exact) mass is 310 g/mol. The summed E-state index contributed by atoms with van der Waals surface area (Å²) in [5.74, 6) is 3.55. The molecule has 1 aliphatic rings. The smallest absolute Gasteiger partial charge is 0.235 e. The minimum atomic E-state index is -0.0964. The van der Waals surface area contributed by atoms with Gasteiger partial charge in [-0.2, -0.15) is 0 Å². The second-order valence-corrected chi connectivity index (χ2v) is 6.12. The molecule has 0 radical (unpaired) electrons. The molecule has 3 heterocycles. The van der Waals surface area contributed by atoms with E-state index >= 15 is 0 Å². The molecular weight excluding hydrogens is 292 g/mol. The summed E-state index contributed by atoms with van der Waals surface area (Å²) < 4.78 is 7.57. The van der Waals surface area contributed by atoms with Crippen LogP contribution in [-0.4, -0.2) is 20.5 Å². The zero-order valence-corrected chi connectivity index (χ0v) is 12.9. The maximum atomic E-state index is 12.1. The van der Waals surface area contributed by atoms with Gasteiger partial charge in [-0.05, 0) is 36.6 Å². The Balaban J connectivity index is 1.36. The highest BCUT2D eigenvalue weighted by Crippen LogP contribution is 2.47. The molecule has 23 heavy (non-hydrogen) atoms. The number of fused-ring (bicyclic) bond motifs is 1. The van der Waals surface area contributed by atoms with Gasteiger partial charge in [0.2, 0.25) is 11.9 Å². The maximum absolute atomic E-state index is 12.1. The number of pyridine rings is 1. The molecule has 6 nitrogen and oxygen atoms in total. The van der Waals surface area contributed by atoms with Crippen LogP contribution in [0.2, 0.25) is 0 Å². The third kappa shape index (κ3) is 2.84. The van der Waals surface area contributed by atoms with Crippen LogP contribution in [0.5, 0.6) is 0 Å². The fourth-order valence-electron chi connectivity index (χ4n) is 2.80. The molecule has 4 rings (SSSR count). The number of aromatic nitrogens is 3. The van der Waals surface area contributed by atoms with E-state index in [2.05, 4.69) is 22.4 Å². The minimum Gasteiger partial charge on any atom is -0.466 e. The molecule has 6 heteroatoms. The van der Waals surface area contributed by atoms with Gasteiger partial charge in [-0.3, -0.25) is 14.5 Å². The second kappa shape index (κ2) is 5.53. The van der Waals surface area contributed by atoms with Crippen molar-refractivity contribution in [3.05, 3.63) is 48.0 Å². The Kier molecular flexibility index (Phi) is 3.37. The van der Waals surface area contributed by atoms with Gasteiger partial charge in [0.05, 0.1) is 0 Å². The number of hydrogen-bond donors (Lipinski definition) is 1. The molecule has 0 unspecified atom stereocenters. The van der Waals surface area contributed by atoms with Crippen LogP contribution < -0.4 is 5.32 Å². The van der Waals surface area contributed by atoms with Crippen LogP contribution in [0.4, 0.5) is 5.95 Å². The largest absolute Gasteiger partial charge is 0.466 e. The Morgan fingerprint density at radius 2 is 2.22 bits per heavy atom.